The van der Waals surface area contributed by atoms with Gasteiger partial charge in [0.15, 0.2) is 0 Å². The molecule has 0 saturated carbocycles. The highest BCUT2D eigenvalue weighted by Gasteiger charge is 2.45. The Bertz CT molecular complexity index is 4680. The Morgan fingerprint density at radius 1 is 0.308 bits per heavy atom. The summed E-state index contributed by atoms with van der Waals surface area (Å²) in [6, 6.07) is 89.2. The van der Waals surface area contributed by atoms with E-state index in [0.717, 1.165) is 49.9 Å². The smallest absolute Gasteiger partial charge is 0.252 e. The van der Waals surface area contributed by atoms with Crippen LogP contribution in [0.4, 0.5) is 34.1 Å². The molecule has 0 bridgehead atoms. The fourth-order valence-electron chi connectivity index (χ4n) is 15.0. The average Bonchev–Trinajstić information content (AvgIpc) is 1.12. The maximum Gasteiger partial charge on any atom is 0.252 e. The first-order chi connectivity index (χ1) is 44.0. The van der Waals surface area contributed by atoms with E-state index >= 15 is 0 Å². The number of fused-ring (bicyclic) bond motifs is 10. The molecule has 4 heterocycles. The van der Waals surface area contributed by atoms with E-state index in [1.54, 1.807) is 0 Å². The van der Waals surface area contributed by atoms with E-state index in [4.69, 9.17) is 0 Å². The molecule has 13 aromatic rings. The molecule has 11 aromatic carbocycles. The van der Waals surface area contributed by atoms with Gasteiger partial charge in [-0.05, 0) is 205 Å². The van der Waals surface area contributed by atoms with Crippen LogP contribution in [0.25, 0.3) is 77.2 Å². The molecular weight excluding hydrogens is 1100 g/mol. The fourth-order valence-corrected chi connectivity index (χ4v) is 15.0. The summed E-state index contributed by atoms with van der Waals surface area (Å²) in [6.07, 6.45) is 6.28. The number of rotatable bonds is 12. The molecule has 0 saturated heterocycles. The molecule has 0 spiro atoms. The van der Waals surface area contributed by atoms with E-state index in [0.29, 0.717) is 0 Å². The van der Waals surface area contributed by atoms with Gasteiger partial charge in [-0.15, -0.1) is 0 Å². The van der Waals surface area contributed by atoms with Crippen LogP contribution < -0.4 is 26.2 Å². The molecule has 0 atom stereocenters. The molecule has 0 aliphatic carbocycles. The molecule has 450 valence electrons. The van der Waals surface area contributed by atoms with Crippen molar-refractivity contribution in [2.45, 2.75) is 131 Å². The number of hydrogen-bond acceptors (Lipinski definition) is 2. The number of anilines is 6. The SMILES string of the molecule is CCCCc1cc(-c2ccccc2)ccc1N1c2cc(-n3c4ccccc4c4cc(C(C)(C)C)ccc43)ccc2B2c3ccc(-n4c5ccccc5c5cc(C(C)(C)C)ccc54)cc3N(c3ccc(-c4ccccc4)cc3CCCC)c3cc(C(C)(C)C)cc1c32. The number of aryl methyl sites for hydroxylation is 2. The van der Waals surface area contributed by atoms with Gasteiger partial charge in [-0.1, -0.05) is 222 Å². The normalized spacial score (nSPS) is 13.2. The molecule has 5 heteroatoms. The molecule has 91 heavy (non-hydrogen) atoms. The summed E-state index contributed by atoms with van der Waals surface area (Å²) in [4.78, 5) is 5.43. The van der Waals surface area contributed by atoms with Gasteiger partial charge in [-0.3, -0.25) is 0 Å². The minimum Gasteiger partial charge on any atom is -0.311 e. The van der Waals surface area contributed by atoms with E-state index in [2.05, 4.69) is 326 Å². The Balaban J connectivity index is 1.06. The summed E-state index contributed by atoms with van der Waals surface area (Å²) in [5.41, 5.74) is 29.9. The Hall–Kier alpha value is -9.32. The zero-order chi connectivity index (χ0) is 62.7. The van der Waals surface area contributed by atoms with Crippen LogP contribution in [0, 0.1) is 0 Å². The van der Waals surface area contributed by atoms with Crippen molar-refractivity contribution < 1.29 is 0 Å². The number of para-hydroxylation sites is 2. The van der Waals surface area contributed by atoms with Crippen molar-refractivity contribution in [1.82, 2.24) is 9.13 Å². The molecule has 2 aliphatic rings. The first-order valence-electron chi connectivity index (χ1n) is 33.5. The topological polar surface area (TPSA) is 16.3 Å². The van der Waals surface area contributed by atoms with Crippen LogP contribution in [0.5, 0.6) is 0 Å². The molecule has 0 fully saturated rings. The third kappa shape index (κ3) is 9.90. The lowest BCUT2D eigenvalue weighted by atomic mass is 9.33. The van der Waals surface area contributed by atoms with Crippen molar-refractivity contribution in [3.05, 3.63) is 258 Å². The predicted molar refractivity (Wildman–Crippen MR) is 393 cm³/mol. The Morgan fingerprint density at radius 2 is 0.703 bits per heavy atom. The second kappa shape index (κ2) is 22.3. The first kappa shape index (κ1) is 58.1. The first-order valence-corrected chi connectivity index (χ1v) is 33.5. The quantitative estimate of drug-likeness (QED) is 0.113. The molecule has 0 amide bonds. The number of hydrogen-bond donors (Lipinski definition) is 0. The molecule has 15 rings (SSSR count). The van der Waals surface area contributed by atoms with Crippen molar-refractivity contribution in [2.75, 3.05) is 9.80 Å². The van der Waals surface area contributed by atoms with Crippen LogP contribution in [-0.2, 0) is 29.1 Å². The van der Waals surface area contributed by atoms with Gasteiger partial charge < -0.3 is 18.9 Å². The Morgan fingerprint density at radius 3 is 1.11 bits per heavy atom. The van der Waals surface area contributed by atoms with Gasteiger partial charge in [0.2, 0.25) is 0 Å². The van der Waals surface area contributed by atoms with Gasteiger partial charge >= 0.3 is 0 Å². The highest BCUT2D eigenvalue weighted by atomic mass is 15.2. The minimum absolute atomic E-state index is 0.00232. The van der Waals surface area contributed by atoms with Crippen LogP contribution in [-0.4, -0.2) is 15.8 Å². The average molecular weight is 1180 g/mol. The van der Waals surface area contributed by atoms with E-state index < -0.39 is 0 Å². The lowest BCUT2D eigenvalue weighted by Crippen LogP contribution is -2.61. The summed E-state index contributed by atoms with van der Waals surface area (Å²) in [6.45, 7) is 25.7. The van der Waals surface area contributed by atoms with Crippen LogP contribution in [0.15, 0.2) is 231 Å². The maximum atomic E-state index is 2.72. The highest BCUT2D eigenvalue weighted by Crippen LogP contribution is 2.50. The second-order valence-corrected chi connectivity index (χ2v) is 29.1. The summed E-state index contributed by atoms with van der Waals surface area (Å²) >= 11 is 0. The van der Waals surface area contributed by atoms with Gasteiger partial charge in [0.25, 0.3) is 6.71 Å². The Kier molecular flexibility index (Phi) is 14.2. The molecule has 0 radical (unpaired) electrons. The molecular formula is C86H83BN4. The van der Waals surface area contributed by atoms with Gasteiger partial charge in [0, 0.05) is 67.0 Å². The summed E-state index contributed by atoms with van der Waals surface area (Å²) in [5, 5.41) is 5.11. The van der Waals surface area contributed by atoms with E-state index in [9.17, 15) is 0 Å². The molecule has 2 aromatic heterocycles. The number of nitrogens with zero attached hydrogens (tertiary/aromatic N) is 4. The largest absolute Gasteiger partial charge is 0.311 e. The van der Waals surface area contributed by atoms with Crippen molar-refractivity contribution in [1.29, 1.82) is 0 Å². The third-order valence-electron chi connectivity index (χ3n) is 20.0. The maximum absolute atomic E-state index is 2.72. The monoisotopic (exact) mass is 1180 g/mol. The van der Waals surface area contributed by atoms with Crippen LogP contribution in [0.1, 0.15) is 130 Å². The van der Waals surface area contributed by atoms with Gasteiger partial charge in [0.05, 0.1) is 22.1 Å². The van der Waals surface area contributed by atoms with Crippen molar-refractivity contribution >= 4 is 101 Å². The summed E-state index contributed by atoms with van der Waals surface area (Å²) in [7, 11) is 0. The van der Waals surface area contributed by atoms with Crippen LogP contribution in [0.2, 0.25) is 0 Å². The zero-order valence-electron chi connectivity index (χ0n) is 55.0. The van der Waals surface area contributed by atoms with E-state index in [1.165, 1.54) is 144 Å². The third-order valence-corrected chi connectivity index (χ3v) is 20.0. The molecule has 4 nitrogen and oxygen atoms in total. The van der Waals surface area contributed by atoms with Crippen LogP contribution >= 0.6 is 0 Å². The standard InChI is InChI=1S/C86H83BN4/c1-12-14-26-60-48-58(56-28-18-16-19-29-56)36-44-73(60)90-79-54-65(88-75-34-24-22-32-67(75)69-50-62(84(3,4)5)38-46-77(69)88)40-42-71(79)87-72-43-41-66(89-76-35-25-23-33-68(76)70-51-63(85(6,7)8)39-47-78(70)89)55-80(72)91(82-53-64(86(9,10)11)52-81(90)83(82)87)74-45-37-59(49-61(74)27-15-13-2)57-30-20-17-21-31-57/h16-25,28-55H,12-15,26-27H2,1-11H3. The van der Waals surface area contributed by atoms with Gasteiger partial charge in [-0.25, -0.2) is 0 Å². The summed E-state index contributed by atoms with van der Waals surface area (Å²) < 4.78 is 5.07. The van der Waals surface area contributed by atoms with Gasteiger partial charge in [-0.2, -0.15) is 0 Å². The minimum atomic E-state index is -0.212. The van der Waals surface area contributed by atoms with Crippen LogP contribution in [0.3, 0.4) is 0 Å². The fraction of sp³-hybridized carbons (Fsp3) is 0.233. The van der Waals surface area contributed by atoms with E-state index in [-0.39, 0.29) is 23.0 Å². The summed E-state index contributed by atoms with van der Waals surface area (Å²) in [5.74, 6) is 0. The Labute approximate surface area is 539 Å². The highest BCUT2D eigenvalue weighted by molar-refractivity contribution is 7.00. The van der Waals surface area contributed by atoms with Gasteiger partial charge in [0.1, 0.15) is 0 Å². The lowest BCUT2D eigenvalue weighted by Gasteiger charge is -2.46. The zero-order valence-corrected chi connectivity index (χ0v) is 55.0. The second-order valence-electron chi connectivity index (χ2n) is 29.1. The molecule has 2 aliphatic heterocycles. The number of unbranched alkanes of at least 4 members (excludes halogenated alkanes) is 2. The lowest BCUT2D eigenvalue weighted by molar-refractivity contribution is 0.590. The molecule has 0 unspecified atom stereocenters. The molecule has 0 N–H and O–H groups in total. The van der Waals surface area contributed by atoms with Crippen molar-refractivity contribution in [3.8, 4) is 33.6 Å². The number of benzene rings is 11. The van der Waals surface area contributed by atoms with Crippen molar-refractivity contribution in [2.24, 2.45) is 0 Å². The van der Waals surface area contributed by atoms with E-state index in [1.807, 2.05) is 0 Å². The predicted octanol–water partition coefficient (Wildman–Crippen LogP) is 21.9. The van der Waals surface area contributed by atoms with Crippen molar-refractivity contribution in [3.63, 3.8) is 0 Å². The number of aromatic nitrogens is 2.